The third-order valence-corrected chi connectivity index (χ3v) is 3.68. The second kappa shape index (κ2) is 6.81. The molecule has 3 rings (SSSR count). The molecule has 5 nitrogen and oxygen atoms in total. The van der Waals surface area contributed by atoms with E-state index in [4.69, 9.17) is 18.9 Å². The zero-order chi connectivity index (χ0) is 16.2. The number of ether oxygens (including phenoxy) is 4. The SMILES string of the molecule is COCOc1ccccc1C(=O)[C@H]1O[C@@H]1c1ccc(OC)cc1. The average molecular weight is 314 g/mol. The van der Waals surface area contributed by atoms with E-state index >= 15 is 0 Å². The highest BCUT2D eigenvalue weighted by Crippen LogP contribution is 2.42. The normalized spacial score (nSPS) is 19.2. The molecule has 120 valence electrons. The Balaban J connectivity index is 1.72. The molecular formula is C18H18O5. The minimum atomic E-state index is -0.476. The van der Waals surface area contributed by atoms with Crippen LogP contribution in [0.3, 0.4) is 0 Å². The summed E-state index contributed by atoms with van der Waals surface area (Å²) in [5.41, 5.74) is 1.46. The van der Waals surface area contributed by atoms with Gasteiger partial charge in [0.1, 0.15) is 17.6 Å². The van der Waals surface area contributed by atoms with Crippen LogP contribution in [0.2, 0.25) is 0 Å². The summed E-state index contributed by atoms with van der Waals surface area (Å²) in [5.74, 6) is 1.19. The maximum Gasteiger partial charge on any atom is 0.198 e. The Morgan fingerprint density at radius 3 is 2.52 bits per heavy atom. The van der Waals surface area contributed by atoms with E-state index in [0.717, 1.165) is 11.3 Å². The molecule has 1 fully saturated rings. The fourth-order valence-corrected chi connectivity index (χ4v) is 2.43. The molecule has 1 heterocycles. The second-order valence-electron chi connectivity index (χ2n) is 5.16. The van der Waals surface area contributed by atoms with Gasteiger partial charge in [-0.3, -0.25) is 4.79 Å². The number of methoxy groups -OCH3 is 2. The van der Waals surface area contributed by atoms with Gasteiger partial charge in [0.25, 0.3) is 0 Å². The highest BCUT2D eigenvalue weighted by atomic mass is 16.7. The molecule has 0 radical (unpaired) electrons. The summed E-state index contributed by atoms with van der Waals surface area (Å²) in [6.07, 6.45) is -0.695. The van der Waals surface area contributed by atoms with Crippen molar-refractivity contribution in [3.8, 4) is 11.5 Å². The van der Waals surface area contributed by atoms with Gasteiger partial charge in [-0.05, 0) is 29.8 Å². The van der Waals surface area contributed by atoms with Crippen molar-refractivity contribution < 1.29 is 23.7 Å². The zero-order valence-electron chi connectivity index (χ0n) is 13.0. The van der Waals surface area contributed by atoms with Crippen LogP contribution in [0.25, 0.3) is 0 Å². The molecule has 0 spiro atoms. The number of benzene rings is 2. The molecule has 0 aromatic heterocycles. The van der Waals surface area contributed by atoms with E-state index < -0.39 is 6.10 Å². The number of hydrogen-bond acceptors (Lipinski definition) is 5. The maximum absolute atomic E-state index is 12.6. The third-order valence-electron chi connectivity index (χ3n) is 3.68. The third kappa shape index (κ3) is 3.36. The van der Waals surface area contributed by atoms with Crippen molar-refractivity contribution in [3.05, 3.63) is 59.7 Å². The summed E-state index contributed by atoms with van der Waals surface area (Å²) in [6, 6.07) is 14.6. The molecule has 2 aromatic carbocycles. The molecule has 0 bridgehead atoms. The number of Topliss-reactive ketones (excluding diaryl/α,β-unsaturated/α-hetero) is 1. The summed E-state index contributed by atoms with van der Waals surface area (Å²) in [5, 5.41) is 0. The van der Waals surface area contributed by atoms with E-state index in [0.29, 0.717) is 11.3 Å². The van der Waals surface area contributed by atoms with Gasteiger partial charge in [-0.25, -0.2) is 0 Å². The molecule has 23 heavy (non-hydrogen) atoms. The van der Waals surface area contributed by atoms with Gasteiger partial charge >= 0.3 is 0 Å². The molecule has 1 saturated heterocycles. The fourth-order valence-electron chi connectivity index (χ4n) is 2.43. The minimum absolute atomic E-state index is 0.0856. The van der Waals surface area contributed by atoms with Crippen molar-refractivity contribution in [1.29, 1.82) is 0 Å². The van der Waals surface area contributed by atoms with Crippen molar-refractivity contribution in [2.45, 2.75) is 12.2 Å². The van der Waals surface area contributed by atoms with Gasteiger partial charge in [0.05, 0.1) is 12.7 Å². The predicted molar refractivity (Wildman–Crippen MR) is 83.9 cm³/mol. The zero-order valence-corrected chi connectivity index (χ0v) is 13.0. The summed E-state index contributed by atoms with van der Waals surface area (Å²) in [4.78, 5) is 12.6. The topological polar surface area (TPSA) is 57.3 Å². The van der Waals surface area contributed by atoms with Crippen LogP contribution < -0.4 is 9.47 Å². The van der Waals surface area contributed by atoms with Crippen molar-refractivity contribution in [3.63, 3.8) is 0 Å². The second-order valence-corrected chi connectivity index (χ2v) is 5.16. The number of carbonyl (C=O) groups is 1. The Morgan fingerprint density at radius 1 is 1.09 bits per heavy atom. The van der Waals surface area contributed by atoms with Crippen LogP contribution >= 0.6 is 0 Å². The van der Waals surface area contributed by atoms with E-state index in [9.17, 15) is 4.79 Å². The molecule has 0 saturated carbocycles. The van der Waals surface area contributed by atoms with Crippen molar-refractivity contribution in [1.82, 2.24) is 0 Å². The summed E-state index contributed by atoms with van der Waals surface area (Å²) in [6.45, 7) is 0.0950. The molecule has 5 heteroatoms. The highest BCUT2D eigenvalue weighted by molar-refractivity contribution is 6.03. The smallest absolute Gasteiger partial charge is 0.198 e. The Morgan fingerprint density at radius 2 is 1.83 bits per heavy atom. The highest BCUT2D eigenvalue weighted by Gasteiger charge is 2.46. The van der Waals surface area contributed by atoms with Crippen LogP contribution in [-0.4, -0.2) is 32.9 Å². The number of rotatable bonds is 7. The van der Waals surface area contributed by atoms with Crippen LogP contribution in [-0.2, 0) is 9.47 Å². The average Bonchev–Trinajstić information content (AvgIpc) is 3.40. The first kappa shape index (κ1) is 15.5. The number of carbonyl (C=O) groups excluding carboxylic acids is 1. The molecule has 1 aliphatic rings. The quantitative estimate of drug-likeness (QED) is 0.447. The van der Waals surface area contributed by atoms with Crippen molar-refractivity contribution >= 4 is 5.78 Å². The lowest BCUT2D eigenvalue weighted by molar-refractivity contribution is 0.0501. The first-order valence-corrected chi connectivity index (χ1v) is 7.29. The Kier molecular flexibility index (Phi) is 4.60. The van der Waals surface area contributed by atoms with Gasteiger partial charge in [0.2, 0.25) is 0 Å². The molecule has 0 N–H and O–H groups in total. The van der Waals surface area contributed by atoms with Crippen LogP contribution in [0.15, 0.2) is 48.5 Å². The summed E-state index contributed by atoms with van der Waals surface area (Å²) < 4.78 is 21.0. The van der Waals surface area contributed by atoms with E-state index in [2.05, 4.69) is 0 Å². The van der Waals surface area contributed by atoms with E-state index in [-0.39, 0.29) is 18.7 Å². The Hall–Kier alpha value is -2.37. The number of hydrogen-bond donors (Lipinski definition) is 0. The molecule has 0 unspecified atom stereocenters. The van der Waals surface area contributed by atoms with Crippen LogP contribution in [0.1, 0.15) is 22.0 Å². The monoisotopic (exact) mass is 314 g/mol. The number of para-hydroxylation sites is 1. The minimum Gasteiger partial charge on any atom is -0.497 e. The summed E-state index contributed by atoms with van der Waals surface area (Å²) in [7, 11) is 3.15. The number of epoxide rings is 1. The first-order valence-electron chi connectivity index (χ1n) is 7.29. The lowest BCUT2D eigenvalue weighted by Crippen LogP contribution is -2.11. The van der Waals surface area contributed by atoms with Crippen molar-refractivity contribution in [2.24, 2.45) is 0 Å². The van der Waals surface area contributed by atoms with E-state index in [1.807, 2.05) is 30.3 Å². The molecule has 2 aromatic rings. The van der Waals surface area contributed by atoms with Crippen LogP contribution in [0.4, 0.5) is 0 Å². The number of ketones is 1. The van der Waals surface area contributed by atoms with Gasteiger partial charge in [-0.1, -0.05) is 24.3 Å². The predicted octanol–water partition coefficient (Wildman–Crippen LogP) is 3.00. The Labute approximate surface area is 134 Å². The van der Waals surface area contributed by atoms with Gasteiger partial charge in [0, 0.05) is 7.11 Å². The molecule has 2 atom stereocenters. The van der Waals surface area contributed by atoms with Gasteiger partial charge in [0.15, 0.2) is 18.7 Å². The van der Waals surface area contributed by atoms with Crippen molar-refractivity contribution in [2.75, 3.05) is 21.0 Å². The first-order chi connectivity index (χ1) is 11.2. The molecule has 0 aliphatic carbocycles. The molecule has 0 amide bonds. The van der Waals surface area contributed by atoms with E-state index in [1.165, 1.54) is 7.11 Å². The lowest BCUT2D eigenvalue weighted by Gasteiger charge is -2.08. The molecule has 1 aliphatic heterocycles. The van der Waals surface area contributed by atoms with E-state index in [1.54, 1.807) is 25.3 Å². The largest absolute Gasteiger partial charge is 0.497 e. The van der Waals surface area contributed by atoms with Crippen LogP contribution in [0.5, 0.6) is 11.5 Å². The van der Waals surface area contributed by atoms with Crippen LogP contribution in [0, 0.1) is 0 Å². The lowest BCUT2D eigenvalue weighted by atomic mass is 10.0. The molecular weight excluding hydrogens is 296 g/mol. The summed E-state index contributed by atoms with van der Waals surface area (Å²) >= 11 is 0. The Bertz CT molecular complexity index is 680. The van der Waals surface area contributed by atoms with Gasteiger partial charge in [-0.2, -0.15) is 0 Å². The van der Waals surface area contributed by atoms with Gasteiger partial charge in [-0.15, -0.1) is 0 Å². The fraction of sp³-hybridized carbons (Fsp3) is 0.278. The maximum atomic E-state index is 12.6. The standard InChI is InChI=1S/C18H18O5/c1-20-11-22-15-6-4-3-5-14(15)16(19)18-17(23-18)12-7-9-13(21-2)10-8-12/h3-10,17-18H,11H2,1-2H3/t17-,18-/m1/s1. The van der Waals surface area contributed by atoms with Gasteiger partial charge < -0.3 is 18.9 Å².